The first-order valence-corrected chi connectivity index (χ1v) is 9.51. The van der Waals surface area contributed by atoms with Gasteiger partial charge in [0, 0.05) is 37.6 Å². The number of carbonyl (C=O) groups is 3. The van der Waals surface area contributed by atoms with Crippen molar-refractivity contribution >= 4 is 17.8 Å². The van der Waals surface area contributed by atoms with Crippen LogP contribution in [-0.2, 0) is 27.4 Å². The number of carbonyl (C=O) groups excluding carboxylic acids is 3. The van der Waals surface area contributed by atoms with E-state index in [1.807, 2.05) is 19.9 Å². The molecule has 1 aromatic carbocycles. The van der Waals surface area contributed by atoms with Crippen molar-refractivity contribution in [2.45, 2.75) is 46.6 Å². The Bertz CT molecular complexity index is 844. The van der Waals surface area contributed by atoms with Crippen LogP contribution in [0.4, 0.5) is 0 Å². The number of hydrogen-bond acceptors (Lipinski definition) is 6. The highest BCUT2D eigenvalue weighted by Gasteiger charge is 2.31. The Hall–Kier alpha value is -3.03. The highest BCUT2D eigenvalue weighted by atomic mass is 16.5. The average molecular weight is 404 g/mol. The zero-order valence-electron chi connectivity index (χ0n) is 17.3. The molecule has 1 aliphatic heterocycles. The molecule has 1 heterocycles. The van der Waals surface area contributed by atoms with E-state index < -0.39 is 5.97 Å². The molecule has 0 aromatic heterocycles. The molecule has 158 valence electrons. The maximum Gasteiger partial charge on any atom is 0.342 e. The lowest BCUT2D eigenvalue weighted by molar-refractivity contribution is -0.122. The number of amides is 2. The van der Waals surface area contributed by atoms with Crippen molar-refractivity contribution in [3.63, 3.8) is 0 Å². The Kier molecular flexibility index (Phi) is 7.64. The molecular weight excluding hydrogens is 376 g/mol. The number of benzene rings is 1. The predicted molar refractivity (Wildman–Crippen MR) is 107 cm³/mol. The van der Waals surface area contributed by atoms with Crippen LogP contribution in [0, 0.1) is 6.92 Å². The SMILES string of the molecule is COc1c(C)c2c(c(O)c1C/C=C(\C)CCC(=O)NCCNC(C)=O)C(=O)OC2. The number of esters is 1. The van der Waals surface area contributed by atoms with Gasteiger partial charge in [-0.05, 0) is 32.3 Å². The second-order valence-electron chi connectivity index (χ2n) is 7.00. The smallest absolute Gasteiger partial charge is 0.342 e. The van der Waals surface area contributed by atoms with E-state index in [2.05, 4.69) is 10.6 Å². The van der Waals surface area contributed by atoms with E-state index in [0.29, 0.717) is 49.2 Å². The molecule has 0 saturated heterocycles. The van der Waals surface area contributed by atoms with Crippen LogP contribution < -0.4 is 15.4 Å². The molecule has 0 atom stereocenters. The van der Waals surface area contributed by atoms with Gasteiger partial charge in [-0.25, -0.2) is 4.79 Å². The van der Waals surface area contributed by atoms with E-state index in [9.17, 15) is 19.5 Å². The first kappa shape index (κ1) is 22.3. The van der Waals surface area contributed by atoms with Crippen molar-refractivity contribution in [3.05, 3.63) is 33.9 Å². The monoisotopic (exact) mass is 404 g/mol. The lowest BCUT2D eigenvalue weighted by Crippen LogP contribution is -2.33. The van der Waals surface area contributed by atoms with Crippen LogP contribution in [0.2, 0.25) is 0 Å². The zero-order chi connectivity index (χ0) is 21.6. The number of fused-ring (bicyclic) bond motifs is 1. The van der Waals surface area contributed by atoms with Gasteiger partial charge in [-0.2, -0.15) is 0 Å². The number of aromatic hydroxyl groups is 1. The summed E-state index contributed by atoms with van der Waals surface area (Å²) in [6.07, 6.45) is 3.16. The van der Waals surface area contributed by atoms with Gasteiger partial charge in [0.1, 0.15) is 23.7 Å². The van der Waals surface area contributed by atoms with Crippen molar-refractivity contribution in [2.24, 2.45) is 0 Å². The summed E-state index contributed by atoms with van der Waals surface area (Å²) in [5, 5.41) is 16.0. The molecule has 2 amide bonds. The summed E-state index contributed by atoms with van der Waals surface area (Å²) in [4.78, 5) is 34.6. The third-order valence-electron chi connectivity index (χ3n) is 4.87. The molecule has 29 heavy (non-hydrogen) atoms. The molecule has 1 aliphatic rings. The second-order valence-corrected chi connectivity index (χ2v) is 7.00. The third-order valence-corrected chi connectivity index (χ3v) is 4.87. The number of hydrogen-bond donors (Lipinski definition) is 3. The number of methoxy groups -OCH3 is 1. The number of nitrogens with one attached hydrogen (secondary N) is 2. The minimum Gasteiger partial charge on any atom is -0.507 e. The fourth-order valence-electron chi connectivity index (χ4n) is 3.25. The Morgan fingerprint density at radius 1 is 1.21 bits per heavy atom. The van der Waals surface area contributed by atoms with Crippen LogP contribution in [0.1, 0.15) is 53.7 Å². The summed E-state index contributed by atoms with van der Waals surface area (Å²) < 4.78 is 10.5. The first-order valence-electron chi connectivity index (χ1n) is 9.51. The van der Waals surface area contributed by atoms with E-state index >= 15 is 0 Å². The van der Waals surface area contributed by atoms with Gasteiger partial charge in [0.2, 0.25) is 11.8 Å². The lowest BCUT2D eigenvalue weighted by atomic mass is 9.94. The van der Waals surface area contributed by atoms with Gasteiger partial charge in [0.15, 0.2) is 0 Å². The molecule has 0 radical (unpaired) electrons. The Labute approximate surface area is 170 Å². The Morgan fingerprint density at radius 3 is 2.55 bits per heavy atom. The number of allylic oxidation sites excluding steroid dienone is 2. The summed E-state index contributed by atoms with van der Waals surface area (Å²) >= 11 is 0. The lowest BCUT2D eigenvalue weighted by Gasteiger charge is -2.15. The van der Waals surface area contributed by atoms with E-state index in [4.69, 9.17) is 9.47 Å². The van der Waals surface area contributed by atoms with Gasteiger partial charge in [-0.15, -0.1) is 0 Å². The molecule has 1 aromatic rings. The molecule has 0 unspecified atom stereocenters. The van der Waals surface area contributed by atoms with Crippen LogP contribution in [0.15, 0.2) is 11.6 Å². The molecule has 8 nitrogen and oxygen atoms in total. The number of phenols is 1. The van der Waals surface area contributed by atoms with Gasteiger partial charge in [0.25, 0.3) is 0 Å². The number of cyclic esters (lactones) is 1. The molecule has 0 saturated carbocycles. The van der Waals surface area contributed by atoms with Crippen molar-refractivity contribution < 1.29 is 29.0 Å². The summed E-state index contributed by atoms with van der Waals surface area (Å²) in [5.41, 5.74) is 3.16. The molecule has 2 rings (SSSR count). The van der Waals surface area contributed by atoms with Gasteiger partial charge in [-0.1, -0.05) is 11.6 Å². The first-order chi connectivity index (χ1) is 13.8. The molecule has 0 fully saturated rings. The largest absolute Gasteiger partial charge is 0.507 e. The fraction of sp³-hybridized carbons (Fsp3) is 0.476. The van der Waals surface area contributed by atoms with Crippen molar-refractivity contribution in [3.8, 4) is 11.5 Å². The van der Waals surface area contributed by atoms with E-state index in [0.717, 1.165) is 11.1 Å². The quantitative estimate of drug-likeness (QED) is 0.329. The van der Waals surface area contributed by atoms with Crippen LogP contribution >= 0.6 is 0 Å². The second kappa shape index (κ2) is 9.95. The summed E-state index contributed by atoms with van der Waals surface area (Å²) in [6, 6.07) is 0. The van der Waals surface area contributed by atoms with Gasteiger partial charge < -0.3 is 25.2 Å². The predicted octanol–water partition coefficient (Wildman–Crippen LogP) is 1.90. The topological polar surface area (TPSA) is 114 Å². The number of phenolic OH excluding ortho intramolecular Hbond substituents is 1. The zero-order valence-corrected chi connectivity index (χ0v) is 17.3. The number of ether oxygens (including phenoxy) is 2. The Morgan fingerprint density at radius 2 is 1.90 bits per heavy atom. The van der Waals surface area contributed by atoms with E-state index in [1.165, 1.54) is 14.0 Å². The Balaban J connectivity index is 1.99. The average Bonchev–Trinajstić information content (AvgIpc) is 3.07. The van der Waals surface area contributed by atoms with Crippen LogP contribution in [-0.4, -0.2) is 43.1 Å². The van der Waals surface area contributed by atoms with E-state index in [-0.39, 0.29) is 29.7 Å². The fourth-order valence-corrected chi connectivity index (χ4v) is 3.25. The minimum absolute atomic E-state index is 0.0975. The standard InChI is InChI=1S/C21H28N2O6/c1-12(6-8-17(25)23-10-9-22-14(3)24)5-7-15-19(26)18-16(11-29-21(18)27)13(2)20(15)28-4/h5,26H,6-11H2,1-4H3,(H,22,24)(H,23,25)/b12-5+. The minimum atomic E-state index is -0.527. The van der Waals surface area contributed by atoms with Crippen molar-refractivity contribution in [1.82, 2.24) is 10.6 Å². The summed E-state index contributed by atoms with van der Waals surface area (Å²) in [5.74, 6) is -0.323. The number of rotatable bonds is 9. The molecule has 0 spiro atoms. The van der Waals surface area contributed by atoms with E-state index in [1.54, 1.807) is 0 Å². The van der Waals surface area contributed by atoms with Crippen molar-refractivity contribution in [1.29, 1.82) is 0 Å². The molecular formula is C21H28N2O6. The van der Waals surface area contributed by atoms with Crippen LogP contribution in [0.3, 0.4) is 0 Å². The van der Waals surface area contributed by atoms with Gasteiger partial charge >= 0.3 is 5.97 Å². The summed E-state index contributed by atoms with van der Waals surface area (Å²) in [7, 11) is 1.52. The maximum atomic E-state index is 11.9. The van der Waals surface area contributed by atoms with Gasteiger partial charge in [0.05, 0.1) is 7.11 Å². The molecule has 0 bridgehead atoms. The molecule has 8 heteroatoms. The van der Waals surface area contributed by atoms with Crippen LogP contribution in [0.25, 0.3) is 0 Å². The molecule has 0 aliphatic carbocycles. The van der Waals surface area contributed by atoms with Crippen LogP contribution in [0.5, 0.6) is 11.5 Å². The van der Waals surface area contributed by atoms with Gasteiger partial charge in [-0.3, -0.25) is 9.59 Å². The summed E-state index contributed by atoms with van der Waals surface area (Å²) in [6.45, 7) is 6.09. The highest BCUT2D eigenvalue weighted by molar-refractivity contribution is 5.98. The highest BCUT2D eigenvalue weighted by Crippen LogP contribution is 2.42. The molecule has 3 N–H and O–H groups in total. The third kappa shape index (κ3) is 5.49. The normalized spacial score (nSPS) is 13.0. The maximum absolute atomic E-state index is 11.9. The van der Waals surface area contributed by atoms with Crippen molar-refractivity contribution in [2.75, 3.05) is 20.2 Å².